The predicted molar refractivity (Wildman–Crippen MR) is 76.4 cm³/mol. The van der Waals surface area contributed by atoms with Crippen LogP contribution in [-0.4, -0.2) is 20.5 Å². The molecule has 0 bridgehead atoms. The lowest BCUT2D eigenvalue weighted by Crippen LogP contribution is -2.02. The fourth-order valence-electron chi connectivity index (χ4n) is 2.11. The maximum Gasteiger partial charge on any atom is 0.337 e. The summed E-state index contributed by atoms with van der Waals surface area (Å²) in [5, 5.41) is 9.73. The monoisotopic (exact) mass is 286 g/mol. The van der Waals surface area contributed by atoms with Crippen LogP contribution >= 0.6 is 11.6 Å². The third kappa shape index (κ3) is 2.26. The lowest BCUT2D eigenvalue weighted by molar-refractivity contribution is 0.0696. The van der Waals surface area contributed by atoms with E-state index in [0.717, 1.165) is 16.9 Å². The molecule has 20 heavy (non-hydrogen) atoms. The van der Waals surface area contributed by atoms with E-state index in [4.69, 9.17) is 16.7 Å². The molecular formula is C15H11ClN2O2. The number of halogens is 1. The summed E-state index contributed by atoms with van der Waals surface area (Å²) in [6.45, 7) is 0. The molecule has 0 fully saturated rings. The van der Waals surface area contributed by atoms with Crippen LogP contribution in [0.1, 0.15) is 21.7 Å². The Bertz CT molecular complexity index is 795. The molecule has 0 aliphatic heterocycles. The summed E-state index contributed by atoms with van der Waals surface area (Å²) in [7, 11) is 0. The van der Waals surface area contributed by atoms with Gasteiger partial charge < -0.3 is 9.51 Å². The van der Waals surface area contributed by atoms with E-state index < -0.39 is 5.97 Å². The molecule has 0 unspecified atom stereocenters. The summed E-state index contributed by atoms with van der Waals surface area (Å²) in [6.07, 6.45) is 3.85. The number of rotatable bonds is 3. The Hall–Kier alpha value is -2.33. The summed E-state index contributed by atoms with van der Waals surface area (Å²) >= 11 is 6.14. The first-order valence-corrected chi connectivity index (χ1v) is 6.45. The van der Waals surface area contributed by atoms with Crippen LogP contribution < -0.4 is 0 Å². The van der Waals surface area contributed by atoms with Gasteiger partial charge in [0.15, 0.2) is 0 Å². The number of imidazole rings is 1. The van der Waals surface area contributed by atoms with Crippen molar-refractivity contribution in [3.63, 3.8) is 0 Å². The average Bonchev–Trinajstić information content (AvgIpc) is 2.84. The molecule has 0 radical (unpaired) electrons. The molecule has 100 valence electrons. The molecule has 2 aromatic heterocycles. The van der Waals surface area contributed by atoms with Gasteiger partial charge in [-0.05, 0) is 23.8 Å². The molecule has 2 heterocycles. The van der Waals surface area contributed by atoms with Crippen molar-refractivity contribution in [2.75, 3.05) is 0 Å². The van der Waals surface area contributed by atoms with Crippen molar-refractivity contribution < 1.29 is 9.90 Å². The topological polar surface area (TPSA) is 54.6 Å². The molecule has 0 atom stereocenters. The molecule has 4 nitrogen and oxygen atoms in total. The van der Waals surface area contributed by atoms with E-state index in [9.17, 15) is 4.79 Å². The molecule has 0 saturated carbocycles. The summed E-state index contributed by atoms with van der Waals surface area (Å²) in [5.74, 6) is -0.194. The van der Waals surface area contributed by atoms with Crippen molar-refractivity contribution in [3.05, 3.63) is 70.8 Å². The van der Waals surface area contributed by atoms with Crippen LogP contribution in [0.15, 0.2) is 48.8 Å². The Morgan fingerprint density at radius 2 is 2.05 bits per heavy atom. The fourth-order valence-corrected chi connectivity index (χ4v) is 2.32. The smallest absolute Gasteiger partial charge is 0.337 e. The van der Waals surface area contributed by atoms with Gasteiger partial charge in [0.25, 0.3) is 0 Å². The summed E-state index contributed by atoms with van der Waals surface area (Å²) in [6, 6.07) is 10.9. The number of nitrogens with zero attached hydrogens (tertiary/aromatic N) is 2. The third-order valence-electron chi connectivity index (χ3n) is 3.16. The van der Waals surface area contributed by atoms with E-state index in [1.54, 1.807) is 28.9 Å². The second-order valence-corrected chi connectivity index (χ2v) is 4.87. The Balaban J connectivity index is 2.06. The Kier molecular flexibility index (Phi) is 3.16. The second-order valence-electron chi connectivity index (χ2n) is 4.46. The van der Waals surface area contributed by atoms with Crippen LogP contribution in [0.5, 0.6) is 0 Å². The van der Waals surface area contributed by atoms with E-state index >= 15 is 0 Å². The van der Waals surface area contributed by atoms with Crippen LogP contribution in [0.3, 0.4) is 0 Å². The highest BCUT2D eigenvalue weighted by atomic mass is 35.5. The fraction of sp³-hybridized carbons (Fsp3) is 0.0667. The highest BCUT2D eigenvalue weighted by Crippen LogP contribution is 2.19. The zero-order valence-corrected chi connectivity index (χ0v) is 11.2. The summed E-state index contributed by atoms with van der Waals surface area (Å²) in [5.41, 5.74) is 2.05. The number of fused-ring (bicyclic) bond motifs is 1. The number of benzene rings is 1. The van der Waals surface area contributed by atoms with Gasteiger partial charge in [-0.3, -0.25) is 0 Å². The molecule has 1 N–H and O–H groups in total. The van der Waals surface area contributed by atoms with Gasteiger partial charge in [-0.1, -0.05) is 29.8 Å². The van der Waals surface area contributed by atoms with Crippen LogP contribution in [0.25, 0.3) is 5.52 Å². The van der Waals surface area contributed by atoms with Crippen molar-refractivity contribution in [2.45, 2.75) is 6.42 Å². The maximum atomic E-state index is 11.0. The van der Waals surface area contributed by atoms with Crippen molar-refractivity contribution in [2.24, 2.45) is 0 Å². The Morgan fingerprint density at radius 3 is 2.80 bits per heavy atom. The molecular weight excluding hydrogens is 276 g/mol. The zero-order chi connectivity index (χ0) is 14.1. The van der Waals surface area contributed by atoms with E-state index in [1.807, 2.05) is 24.3 Å². The molecule has 0 spiro atoms. The first-order chi connectivity index (χ1) is 9.65. The number of hydrogen-bond donors (Lipinski definition) is 1. The summed E-state index contributed by atoms with van der Waals surface area (Å²) in [4.78, 5) is 15.4. The van der Waals surface area contributed by atoms with Crippen molar-refractivity contribution in [1.82, 2.24) is 9.38 Å². The third-order valence-corrected chi connectivity index (χ3v) is 3.53. The number of hydrogen-bond acceptors (Lipinski definition) is 2. The largest absolute Gasteiger partial charge is 0.478 e. The van der Waals surface area contributed by atoms with Crippen molar-refractivity contribution in [3.8, 4) is 0 Å². The van der Waals surface area contributed by atoms with Gasteiger partial charge in [-0.15, -0.1) is 0 Å². The lowest BCUT2D eigenvalue weighted by Gasteiger charge is -2.04. The van der Waals surface area contributed by atoms with Crippen molar-refractivity contribution in [1.29, 1.82) is 0 Å². The minimum absolute atomic E-state index is 0.232. The number of carboxylic acids is 1. The molecule has 0 saturated heterocycles. The van der Waals surface area contributed by atoms with Gasteiger partial charge in [0.1, 0.15) is 5.82 Å². The Labute approximate surface area is 120 Å². The average molecular weight is 287 g/mol. The molecule has 1 aromatic carbocycles. The highest BCUT2D eigenvalue weighted by molar-refractivity contribution is 6.31. The molecule has 0 aliphatic carbocycles. The molecule has 0 aliphatic rings. The Morgan fingerprint density at radius 1 is 1.25 bits per heavy atom. The quantitative estimate of drug-likeness (QED) is 0.804. The standard InChI is InChI=1S/C15H11ClN2O2/c16-13-4-2-1-3-10(13)7-14-17-8-12-6-5-11(15(19)20)9-18(12)14/h1-6,8-9H,7H2,(H,19,20). The predicted octanol–water partition coefficient (Wildman–Crippen LogP) is 3.28. The summed E-state index contributed by atoms with van der Waals surface area (Å²) < 4.78 is 1.78. The number of carbonyl (C=O) groups is 1. The first kappa shape index (κ1) is 12.7. The molecule has 3 aromatic rings. The van der Waals surface area contributed by atoms with Gasteiger partial charge in [0.2, 0.25) is 0 Å². The van der Waals surface area contributed by atoms with Crippen LogP contribution in [-0.2, 0) is 6.42 Å². The highest BCUT2D eigenvalue weighted by Gasteiger charge is 2.09. The van der Waals surface area contributed by atoms with Gasteiger partial charge in [0.05, 0.1) is 17.3 Å². The van der Waals surface area contributed by atoms with Gasteiger partial charge in [0, 0.05) is 17.6 Å². The minimum atomic E-state index is -0.954. The zero-order valence-electron chi connectivity index (χ0n) is 10.5. The van der Waals surface area contributed by atoms with E-state index in [-0.39, 0.29) is 5.56 Å². The van der Waals surface area contributed by atoms with Crippen LogP contribution in [0.4, 0.5) is 0 Å². The maximum absolute atomic E-state index is 11.0. The van der Waals surface area contributed by atoms with Gasteiger partial charge >= 0.3 is 5.97 Å². The second kappa shape index (κ2) is 4.98. The van der Waals surface area contributed by atoms with E-state index in [0.29, 0.717) is 11.4 Å². The number of aromatic nitrogens is 2. The minimum Gasteiger partial charge on any atom is -0.478 e. The van der Waals surface area contributed by atoms with Gasteiger partial charge in [-0.25, -0.2) is 9.78 Å². The van der Waals surface area contributed by atoms with Crippen LogP contribution in [0, 0.1) is 0 Å². The number of pyridine rings is 1. The van der Waals surface area contributed by atoms with Crippen LogP contribution in [0.2, 0.25) is 5.02 Å². The van der Waals surface area contributed by atoms with Gasteiger partial charge in [-0.2, -0.15) is 0 Å². The van der Waals surface area contributed by atoms with E-state index in [2.05, 4.69) is 4.98 Å². The number of carboxylic acid groups (broad SMARTS) is 1. The molecule has 0 amide bonds. The van der Waals surface area contributed by atoms with E-state index in [1.165, 1.54) is 0 Å². The normalized spacial score (nSPS) is 10.8. The lowest BCUT2D eigenvalue weighted by atomic mass is 10.1. The number of aromatic carboxylic acids is 1. The molecule has 3 rings (SSSR count). The first-order valence-electron chi connectivity index (χ1n) is 6.08. The SMILES string of the molecule is O=C(O)c1ccc2cnc(Cc3ccccc3Cl)n2c1. The molecule has 5 heteroatoms. The van der Waals surface area contributed by atoms with Crippen molar-refractivity contribution >= 4 is 23.1 Å².